The zero-order valence-electron chi connectivity index (χ0n) is 58.9. The van der Waals surface area contributed by atoms with Gasteiger partial charge in [-0.25, -0.2) is 0 Å². The van der Waals surface area contributed by atoms with E-state index in [2.05, 4.69) is 121 Å². The summed E-state index contributed by atoms with van der Waals surface area (Å²) >= 11 is 0. The van der Waals surface area contributed by atoms with Crippen LogP contribution in [0.2, 0.25) is 0 Å². The predicted octanol–water partition coefficient (Wildman–Crippen LogP) is 18.3. The average molecular weight is 1310 g/mol. The molecule has 14 rings (SSSR count). The van der Waals surface area contributed by atoms with Crippen LogP contribution in [0.15, 0.2) is 60.7 Å². The maximum Gasteiger partial charge on any atom is 0.311 e. The molecule has 0 N–H and O–H groups in total. The van der Waals surface area contributed by atoms with Gasteiger partial charge in [0.25, 0.3) is 0 Å². The molecule has 4 fully saturated rings. The second kappa shape index (κ2) is 30.0. The number of nitrogens with zero attached hydrogens (tertiary/aromatic N) is 10. The summed E-state index contributed by atoms with van der Waals surface area (Å²) in [4.78, 5) is 27.8. The number of aryl methyl sites for hydroxylation is 4. The Morgan fingerprint density at radius 3 is 1.08 bits per heavy atom. The Labute approximate surface area is 573 Å². The van der Waals surface area contributed by atoms with E-state index in [-0.39, 0.29) is 31.4 Å². The van der Waals surface area contributed by atoms with Crippen molar-refractivity contribution in [3.8, 4) is 0 Å². The van der Waals surface area contributed by atoms with Crippen molar-refractivity contribution in [2.45, 2.75) is 283 Å². The van der Waals surface area contributed by atoms with Crippen LogP contribution in [-0.4, -0.2) is 114 Å². The molecule has 4 atom stereocenters. The molecule has 4 aromatic heterocycles. The predicted molar refractivity (Wildman–Crippen MR) is 389 cm³/mol. The number of carbonyl (C=O) groups is 2. The largest absolute Gasteiger partial charge is 0.466 e. The molecule has 96 heavy (non-hydrogen) atoms. The van der Waals surface area contributed by atoms with Crippen LogP contribution >= 0.6 is 0 Å². The Bertz CT molecular complexity index is 3760. The normalized spacial score (nSPS) is 22.4. The fourth-order valence-electron chi connectivity index (χ4n) is 18.8. The van der Waals surface area contributed by atoms with Crippen LogP contribution < -0.4 is 0 Å². The lowest BCUT2D eigenvalue weighted by Gasteiger charge is -2.46. The van der Waals surface area contributed by atoms with Crippen LogP contribution in [0.3, 0.4) is 0 Å². The lowest BCUT2D eigenvalue weighted by molar-refractivity contribution is -0.940. The number of benzene rings is 4. The Hall–Kier alpha value is -6.38. The van der Waals surface area contributed by atoms with E-state index in [0.717, 1.165) is 92.7 Å². The van der Waals surface area contributed by atoms with Crippen molar-refractivity contribution in [3.05, 3.63) is 117 Å². The molecule has 4 aromatic carbocycles. The smallest absolute Gasteiger partial charge is 0.311 e. The molecule has 0 radical (unpaired) electrons. The van der Waals surface area contributed by atoms with Gasteiger partial charge in [-0.05, 0) is 155 Å². The number of likely N-dealkylation sites (N-methyl/N-ethyl adjacent to an activating group) is 2. The molecule has 0 spiro atoms. The number of hydrogen-bond acceptors (Lipinski definition) is 8. The molecular weight excluding hydrogens is 1190 g/mol. The summed E-state index contributed by atoms with van der Waals surface area (Å²) in [6, 6.07) is 26.6. The van der Waals surface area contributed by atoms with E-state index in [1.165, 1.54) is 228 Å². The lowest BCUT2D eigenvalue weighted by Crippen LogP contribution is -2.53. The van der Waals surface area contributed by atoms with Gasteiger partial charge in [-0.1, -0.05) is 136 Å². The zero-order chi connectivity index (χ0) is 65.2. The number of ether oxygens (including phenoxy) is 2. The number of aromatic nitrogens is 8. The number of unbranched alkanes of at least 4 members (excludes halogenated alkanes) is 2. The number of quaternary nitrogens is 2. The summed E-state index contributed by atoms with van der Waals surface area (Å²) in [5, 5.41) is 26.6. The topological polar surface area (TPSA) is 124 Å². The molecule has 2 aliphatic heterocycles. The Morgan fingerprint density at radius 2 is 0.750 bits per heavy atom. The fraction of sp³-hybridized carbons (Fsp3) is 0.634. The highest BCUT2D eigenvalue weighted by Crippen LogP contribution is 2.46. The number of fused-ring (bicyclic) bond motifs is 6. The molecule has 8 aromatic rings. The maximum absolute atomic E-state index is 13.9. The van der Waals surface area contributed by atoms with Gasteiger partial charge in [0.15, 0.2) is 0 Å². The van der Waals surface area contributed by atoms with Gasteiger partial charge in [0.05, 0.1) is 135 Å². The molecule has 0 saturated heterocycles. The van der Waals surface area contributed by atoms with Crippen LogP contribution in [0, 0.1) is 0 Å². The van der Waals surface area contributed by atoms with E-state index in [1.54, 1.807) is 0 Å². The summed E-state index contributed by atoms with van der Waals surface area (Å²) in [6.45, 7) is 13.1. The lowest BCUT2D eigenvalue weighted by atomic mass is 9.85. The highest BCUT2D eigenvalue weighted by Gasteiger charge is 2.43. The summed E-state index contributed by atoms with van der Waals surface area (Å²) in [5.41, 5.74) is 18.4. The molecule has 516 valence electrons. The van der Waals surface area contributed by atoms with Gasteiger partial charge >= 0.3 is 11.9 Å². The minimum atomic E-state index is -0.124. The third-order valence-electron chi connectivity index (χ3n) is 24.6. The van der Waals surface area contributed by atoms with E-state index in [9.17, 15) is 9.59 Å². The van der Waals surface area contributed by atoms with E-state index < -0.39 is 0 Å². The first-order valence-electron chi connectivity index (χ1n) is 38.5. The monoisotopic (exact) mass is 1300 g/mol. The minimum Gasteiger partial charge on any atom is -0.466 e. The van der Waals surface area contributed by atoms with Gasteiger partial charge in [-0.15, -0.1) is 0 Å². The van der Waals surface area contributed by atoms with Crippen molar-refractivity contribution in [2.75, 3.05) is 53.5 Å². The molecular formula is C82H116N10O4+2. The maximum atomic E-state index is 13.9. The molecule has 14 heteroatoms. The Kier molecular flexibility index (Phi) is 21.3. The second-order valence-corrected chi connectivity index (χ2v) is 30.8. The average Bonchev–Trinajstić information content (AvgIpc) is 1.56. The van der Waals surface area contributed by atoms with Crippen LogP contribution in [0.4, 0.5) is 0 Å². The van der Waals surface area contributed by atoms with Gasteiger partial charge in [0.2, 0.25) is 0 Å². The summed E-state index contributed by atoms with van der Waals surface area (Å²) in [6.07, 6.45) is 35.5. The summed E-state index contributed by atoms with van der Waals surface area (Å²) in [5.74, 6) is -0.248. The fourth-order valence-corrected chi connectivity index (χ4v) is 18.8. The molecule has 6 heterocycles. The van der Waals surface area contributed by atoms with Gasteiger partial charge in [-0.3, -0.25) is 28.3 Å². The van der Waals surface area contributed by atoms with Crippen LogP contribution in [0.5, 0.6) is 0 Å². The van der Waals surface area contributed by atoms with Gasteiger partial charge in [0, 0.05) is 58.4 Å². The molecule has 0 bridgehead atoms. The van der Waals surface area contributed by atoms with Gasteiger partial charge < -0.3 is 18.4 Å². The number of rotatable bonds is 24. The van der Waals surface area contributed by atoms with Crippen molar-refractivity contribution in [1.82, 2.24) is 39.1 Å². The first-order valence-corrected chi connectivity index (χ1v) is 38.5. The summed E-state index contributed by atoms with van der Waals surface area (Å²) < 4.78 is 23.3. The van der Waals surface area contributed by atoms with Crippen LogP contribution in [-0.2, 0) is 70.4 Å². The standard InChI is InChI=1S/C81H112N10O4.CH4/c1-7-70-64-36-34-56(48-74(64)86(82-70)60-26-16-11-17-27-60)50-78-66-54-76-68(72(9-3)84-88(76)62-30-20-13-21-31-62)52-58(66)38-42-90(78,5)44-40-80(92)94-46-24-15-25-47-95-81(93)41-45-91(6)43-39-59-53-69-73(10-4)85-89(63-32-22-14-23-33-63)77(69)55-67(59)79(91)51-57-35-37-65-71(8-2)83-87(75(65)49-57)61-28-18-12-19-29-61;/h34-37,48-49,52-55,60-63,78-79H,7-33,38-47,50-51H2,1-6H3;1H4/q+2;. The van der Waals surface area contributed by atoms with E-state index in [4.69, 9.17) is 29.9 Å². The van der Waals surface area contributed by atoms with Crippen molar-refractivity contribution < 1.29 is 28.0 Å². The number of carbonyl (C=O) groups excluding carboxylic acids is 2. The van der Waals surface area contributed by atoms with Crippen molar-refractivity contribution in [2.24, 2.45) is 0 Å². The Morgan fingerprint density at radius 1 is 0.427 bits per heavy atom. The quantitative estimate of drug-likeness (QED) is 0.0333. The van der Waals surface area contributed by atoms with Crippen LogP contribution in [0.1, 0.15) is 288 Å². The second-order valence-electron chi connectivity index (χ2n) is 30.8. The third-order valence-corrected chi connectivity index (χ3v) is 24.6. The van der Waals surface area contributed by atoms with E-state index in [1.807, 2.05) is 0 Å². The number of hydrogen-bond donors (Lipinski definition) is 0. The third kappa shape index (κ3) is 13.9. The molecule has 4 aliphatic carbocycles. The van der Waals surface area contributed by atoms with Gasteiger partial charge in [-0.2, -0.15) is 20.4 Å². The van der Waals surface area contributed by atoms with E-state index >= 15 is 0 Å². The first kappa shape index (κ1) is 68.2. The molecule has 4 unspecified atom stereocenters. The minimum absolute atomic E-state index is 0. The highest BCUT2D eigenvalue weighted by atomic mass is 16.5. The molecule has 4 saturated carbocycles. The molecule has 0 amide bonds. The SMILES string of the molecule is C.CCc1nn(C2CCCCC2)c2cc(CC3c4cc5c(cc4CC[N+]3(C)CCC(=O)OCCCCCOC(=O)CC[N+]3(C)CCc4cc6c(CC)nn(C7CCCCC7)c6cc4C3Cc3ccc4c(CC)nn(C6CCCCC6)c4c3)c(CC)nn5C3CCCCC3)ccc12. The highest BCUT2D eigenvalue weighted by molar-refractivity contribution is 5.87. The van der Waals surface area contributed by atoms with Crippen molar-refractivity contribution in [3.63, 3.8) is 0 Å². The van der Waals surface area contributed by atoms with Crippen molar-refractivity contribution in [1.29, 1.82) is 0 Å². The zero-order valence-corrected chi connectivity index (χ0v) is 58.9. The summed E-state index contributed by atoms with van der Waals surface area (Å²) in [7, 11) is 4.80. The van der Waals surface area contributed by atoms with Gasteiger partial charge in [0.1, 0.15) is 12.1 Å². The van der Waals surface area contributed by atoms with Crippen LogP contribution in [0.25, 0.3) is 43.6 Å². The molecule has 6 aliphatic rings. The van der Waals surface area contributed by atoms with Crippen molar-refractivity contribution >= 4 is 55.6 Å². The Balaban J connectivity index is 0.00000833. The van der Waals surface area contributed by atoms with E-state index in [0.29, 0.717) is 63.3 Å². The number of esters is 2. The molecule has 14 nitrogen and oxygen atoms in total. The first-order chi connectivity index (χ1) is 46.4.